The molecule has 1 aliphatic carbocycles. The molecule has 0 unspecified atom stereocenters. The summed E-state index contributed by atoms with van der Waals surface area (Å²) in [6.45, 7) is 0.401. The summed E-state index contributed by atoms with van der Waals surface area (Å²) in [5, 5.41) is 22.8. The Morgan fingerprint density at radius 3 is 2.29 bits per heavy atom. The molecule has 0 heterocycles. The largest absolute Gasteiger partial charge is 0.478 e. The molecule has 0 saturated carbocycles. The average molecular weight is 456 g/mol. The van der Waals surface area contributed by atoms with Crippen LogP contribution in [-0.4, -0.2) is 35.2 Å². The monoisotopic (exact) mass is 456 g/mol. The maximum absolute atomic E-state index is 12.2. The van der Waals surface area contributed by atoms with Gasteiger partial charge in [0, 0.05) is 24.9 Å². The molecule has 8 heteroatoms. The van der Waals surface area contributed by atoms with Crippen molar-refractivity contribution >= 4 is 17.7 Å². The van der Waals surface area contributed by atoms with Gasteiger partial charge in [-0.3, -0.25) is 10.1 Å². The lowest BCUT2D eigenvalue weighted by Gasteiger charge is -2.14. The summed E-state index contributed by atoms with van der Waals surface area (Å²) in [5.74, 6) is 4.12. The molecule has 170 valence electrons. The van der Waals surface area contributed by atoms with E-state index in [0.29, 0.717) is 0 Å². The Bertz CT molecular complexity index is 1290. The first-order chi connectivity index (χ1) is 16.5. The number of amides is 1. The first-order valence-electron chi connectivity index (χ1n) is 10.5. The lowest BCUT2D eigenvalue weighted by atomic mass is 9.98. The molecule has 8 nitrogen and oxygen atoms in total. The van der Waals surface area contributed by atoms with Gasteiger partial charge < -0.3 is 15.2 Å². The Labute approximate surface area is 195 Å². The van der Waals surface area contributed by atoms with E-state index in [-0.39, 0.29) is 42.3 Å². The molecule has 0 radical (unpaired) electrons. The van der Waals surface area contributed by atoms with Gasteiger partial charge in [0.1, 0.15) is 12.2 Å². The zero-order valence-electron chi connectivity index (χ0n) is 18.0. The Morgan fingerprint density at radius 1 is 1.03 bits per heavy atom. The summed E-state index contributed by atoms with van der Waals surface area (Å²) < 4.78 is 5.45. The third kappa shape index (κ3) is 4.74. The van der Waals surface area contributed by atoms with Crippen molar-refractivity contribution < 1.29 is 24.4 Å². The highest BCUT2D eigenvalue weighted by molar-refractivity contribution is 5.89. The van der Waals surface area contributed by atoms with Crippen molar-refractivity contribution in [3.05, 3.63) is 99.1 Å². The van der Waals surface area contributed by atoms with E-state index in [1.165, 1.54) is 12.1 Å². The molecule has 0 bridgehead atoms. The smallest absolute Gasteiger partial charge is 0.407 e. The molecular weight excluding hydrogens is 436 g/mol. The van der Waals surface area contributed by atoms with Crippen LogP contribution in [0, 0.1) is 22.0 Å². The second kappa shape index (κ2) is 9.88. The van der Waals surface area contributed by atoms with Crippen molar-refractivity contribution in [2.45, 2.75) is 12.3 Å². The van der Waals surface area contributed by atoms with Crippen molar-refractivity contribution in [3.8, 4) is 23.0 Å². The zero-order chi connectivity index (χ0) is 24.1. The predicted octanol–water partition coefficient (Wildman–Crippen LogP) is 4.57. The van der Waals surface area contributed by atoms with E-state index in [9.17, 15) is 19.7 Å². The number of carboxylic acid groups (broad SMARTS) is 1. The summed E-state index contributed by atoms with van der Waals surface area (Å²) in [4.78, 5) is 33.7. The number of carbonyl (C=O) groups is 2. The molecule has 0 fully saturated rings. The van der Waals surface area contributed by atoms with E-state index >= 15 is 0 Å². The number of nitrogens with one attached hydrogen (secondary N) is 1. The van der Waals surface area contributed by atoms with E-state index in [0.717, 1.165) is 28.3 Å². The van der Waals surface area contributed by atoms with Gasteiger partial charge in [-0.2, -0.15) is 0 Å². The number of nitro benzene ring substituents is 1. The number of rotatable bonds is 6. The lowest BCUT2D eigenvalue weighted by Crippen LogP contribution is -2.26. The molecule has 0 aliphatic heterocycles. The van der Waals surface area contributed by atoms with Gasteiger partial charge in [-0.1, -0.05) is 60.4 Å². The lowest BCUT2D eigenvalue weighted by molar-refractivity contribution is -0.385. The number of hydrogen-bond donors (Lipinski definition) is 2. The van der Waals surface area contributed by atoms with Gasteiger partial charge in [0.15, 0.2) is 0 Å². The Balaban J connectivity index is 1.31. The summed E-state index contributed by atoms with van der Waals surface area (Å²) in [6, 6.07) is 19.6. The molecule has 0 spiro atoms. The molecule has 3 aromatic rings. The fourth-order valence-electron chi connectivity index (χ4n) is 3.96. The molecule has 0 atom stereocenters. The van der Waals surface area contributed by atoms with Crippen LogP contribution >= 0.6 is 0 Å². The molecule has 0 saturated heterocycles. The minimum absolute atomic E-state index is 0.0349. The van der Waals surface area contributed by atoms with Crippen molar-refractivity contribution in [1.29, 1.82) is 0 Å². The number of carboxylic acids is 1. The van der Waals surface area contributed by atoms with E-state index in [4.69, 9.17) is 9.84 Å². The minimum atomic E-state index is -1.25. The number of hydrogen-bond acceptors (Lipinski definition) is 5. The second-order valence-electron chi connectivity index (χ2n) is 7.60. The maximum atomic E-state index is 12.2. The predicted molar refractivity (Wildman–Crippen MR) is 125 cm³/mol. The Morgan fingerprint density at radius 2 is 1.68 bits per heavy atom. The maximum Gasteiger partial charge on any atom is 0.407 e. The van der Waals surface area contributed by atoms with Crippen LogP contribution in [0.4, 0.5) is 10.5 Å². The van der Waals surface area contributed by atoms with Crippen LogP contribution in [0.1, 0.15) is 39.4 Å². The highest BCUT2D eigenvalue weighted by Crippen LogP contribution is 2.44. The van der Waals surface area contributed by atoms with Gasteiger partial charge in [-0.25, -0.2) is 9.59 Å². The van der Waals surface area contributed by atoms with Crippen LogP contribution in [0.15, 0.2) is 66.7 Å². The van der Waals surface area contributed by atoms with Gasteiger partial charge in [0.2, 0.25) is 0 Å². The topological polar surface area (TPSA) is 119 Å². The molecular formula is C26H20N2O6. The molecule has 1 aliphatic rings. The van der Waals surface area contributed by atoms with E-state index in [2.05, 4.69) is 29.3 Å². The normalized spacial score (nSPS) is 11.5. The van der Waals surface area contributed by atoms with E-state index < -0.39 is 17.0 Å². The third-order valence-electron chi connectivity index (χ3n) is 5.53. The summed E-state index contributed by atoms with van der Waals surface area (Å²) in [6.07, 6.45) is -0.331. The van der Waals surface area contributed by atoms with Crippen LogP contribution in [0.3, 0.4) is 0 Å². The quantitative estimate of drug-likeness (QED) is 0.243. The highest BCUT2D eigenvalue weighted by atomic mass is 16.6. The van der Waals surface area contributed by atoms with Gasteiger partial charge in [0.05, 0.1) is 10.5 Å². The van der Waals surface area contributed by atoms with Crippen molar-refractivity contribution in [1.82, 2.24) is 5.32 Å². The number of nitro groups is 1. The van der Waals surface area contributed by atoms with E-state index in [1.54, 1.807) is 0 Å². The number of alkyl carbamates (subject to hydrolysis) is 1. The fraction of sp³-hybridized carbons (Fsp3) is 0.154. The van der Waals surface area contributed by atoms with Gasteiger partial charge in [-0.15, -0.1) is 0 Å². The van der Waals surface area contributed by atoms with E-state index in [1.807, 2.05) is 36.4 Å². The van der Waals surface area contributed by atoms with Crippen LogP contribution in [0.5, 0.6) is 0 Å². The van der Waals surface area contributed by atoms with Crippen molar-refractivity contribution in [2.24, 2.45) is 0 Å². The molecule has 1 amide bonds. The Hall–Kier alpha value is -4.64. The minimum Gasteiger partial charge on any atom is -0.478 e. The first-order valence-corrected chi connectivity index (χ1v) is 10.5. The molecule has 34 heavy (non-hydrogen) atoms. The number of ether oxygens (including phenoxy) is 1. The fourth-order valence-corrected chi connectivity index (χ4v) is 3.96. The van der Waals surface area contributed by atoms with Crippen LogP contribution in [0.2, 0.25) is 0 Å². The highest BCUT2D eigenvalue weighted by Gasteiger charge is 2.28. The van der Waals surface area contributed by atoms with Crippen LogP contribution in [-0.2, 0) is 4.74 Å². The molecule has 2 N–H and O–H groups in total. The number of fused-ring (bicyclic) bond motifs is 3. The number of nitrogens with zero attached hydrogens (tertiary/aromatic N) is 1. The van der Waals surface area contributed by atoms with Crippen LogP contribution in [0.25, 0.3) is 11.1 Å². The molecule has 3 aromatic carbocycles. The van der Waals surface area contributed by atoms with Crippen LogP contribution < -0.4 is 5.32 Å². The summed E-state index contributed by atoms with van der Waals surface area (Å²) in [5.41, 5.74) is 4.08. The van der Waals surface area contributed by atoms with Crippen molar-refractivity contribution in [2.75, 3.05) is 13.2 Å². The van der Waals surface area contributed by atoms with Crippen molar-refractivity contribution in [3.63, 3.8) is 0 Å². The Kier molecular flexibility index (Phi) is 6.55. The first kappa shape index (κ1) is 22.6. The molecule has 4 rings (SSSR count). The summed E-state index contributed by atoms with van der Waals surface area (Å²) >= 11 is 0. The van der Waals surface area contributed by atoms with Gasteiger partial charge in [-0.05, 0) is 34.4 Å². The van der Waals surface area contributed by atoms with Gasteiger partial charge >= 0.3 is 12.1 Å². The average Bonchev–Trinajstić information content (AvgIpc) is 3.16. The number of carbonyl (C=O) groups excluding carboxylic acids is 1. The standard InChI is InChI=1S/C26H20N2O6/c29-25(30)18-13-12-17(24(15-18)28(32)33)7-5-6-14-27-26(31)34-16-23-21-10-3-1-8-19(21)20-9-2-4-11-22(20)23/h1-4,8-13,15,23H,6,14,16H2,(H,27,31)(H,29,30). The summed E-state index contributed by atoms with van der Waals surface area (Å²) in [7, 11) is 0. The third-order valence-corrected chi connectivity index (χ3v) is 5.53. The number of aromatic carboxylic acids is 1. The second-order valence-corrected chi connectivity index (χ2v) is 7.60. The SMILES string of the molecule is O=C(NCCC#Cc1ccc(C(=O)O)cc1[N+](=O)[O-])OCC1c2ccccc2-c2ccccc21. The number of benzene rings is 3. The van der Waals surface area contributed by atoms with Gasteiger partial charge in [0.25, 0.3) is 5.69 Å². The molecule has 0 aromatic heterocycles. The zero-order valence-corrected chi connectivity index (χ0v) is 18.0.